The summed E-state index contributed by atoms with van der Waals surface area (Å²) >= 11 is 3.41. The zero-order valence-corrected chi connectivity index (χ0v) is 11.9. The second-order valence-electron chi connectivity index (χ2n) is 4.14. The maximum absolute atomic E-state index is 5.52. The number of aromatic nitrogens is 1. The highest BCUT2D eigenvalue weighted by atomic mass is 79.9. The molecule has 0 aliphatic rings. The van der Waals surface area contributed by atoms with E-state index in [0.29, 0.717) is 0 Å². The van der Waals surface area contributed by atoms with Crippen molar-refractivity contribution in [1.29, 1.82) is 0 Å². The summed E-state index contributed by atoms with van der Waals surface area (Å²) < 4.78 is 6.53. The lowest BCUT2D eigenvalue weighted by atomic mass is 10.3. The lowest BCUT2D eigenvalue weighted by Gasteiger charge is -2.20. The Morgan fingerprint density at radius 2 is 2.19 bits per heavy atom. The van der Waals surface area contributed by atoms with Gasteiger partial charge in [-0.15, -0.1) is 0 Å². The summed E-state index contributed by atoms with van der Waals surface area (Å²) in [5.74, 6) is 1.01. The monoisotopic (exact) mass is 286 g/mol. The van der Waals surface area contributed by atoms with Gasteiger partial charge in [0.15, 0.2) is 0 Å². The molecule has 0 aliphatic heterocycles. The predicted molar refractivity (Wildman–Crippen MR) is 71.0 cm³/mol. The molecule has 0 unspecified atom stereocenters. The molecule has 0 saturated carbocycles. The molecule has 3 nitrogen and oxygen atoms in total. The third-order valence-corrected chi connectivity index (χ3v) is 2.69. The van der Waals surface area contributed by atoms with Gasteiger partial charge in [0.1, 0.15) is 5.82 Å². The molecule has 0 aromatic carbocycles. The maximum Gasteiger partial charge on any atom is 0.131 e. The van der Waals surface area contributed by atoms with E-state index in [4.69, 9.17) is 4.74 Å². The Kier molecular flexibility index (Phi) is 5.22. The van der Waals surface area contributed by atoms with Gasteiger partial charge in [-0.3, -0.25) is 0 Å². The van der Waals surface area contributed by atoms with Crippen molar-refractivity contribution in [2.75, 3.05) is 25.1 Å². The van der Waals surface area contributed by atoms with Crippen LogP contribution in [0.15, 0.2) is 16.7 Å². The van der Waals surface area contributed by atoms with Gasteiger partial charge in [-0.25, -0.2) is 4.98 Å². The van der Waals surface area contributed by atoms with Crippen LogP contribution >= 0.6 is 15.9 Å². The van der Waals surface area contributed by atoms with Crippen molar-refractivity contribution in [2.45, 2.75) is 26.9 Å². The van der Waals surface area contributed by atoms with Crippen LogP contribution in [0.3, 0.4) is 0 Å². The lowest BCUT2D eigenvalue weighted by Crippen LogP contribution is -2.25. The van der Waals surface area contributed by atoms with Crippen molar-refractivity contribution >= 4 is 21.7 Å². The molecular weight excluding hydrogens is 268 g/mol. The maximum atomic E-state index is 5.52. The van der Waals surface area contributed by atoms with Crippen LogP contribution in [0.2, 0.25) is 0 Å². The third kappa shape index (κ3) is 4.10. The molecule has 0 spiro atoms. The SMILES string of the molecule is Cc1cc(Br)cnc1N(C)CCOC(C)C. The lowest BCUT2D eigenvalue weighted by molar-refractivity contribution is 0.0845. The predicted octanol–water partition coefficient (Wildman–Crippen LogP) is 3.01. The van der Waals surface area contributed by atoms with Gasteiger partial charge in [0.2, 0.25) is 0 Å². The van der Waals surface area contributed by atoms with E-state index in [-0.39, 0.29) is 6.10 Å². The van der Waals surface area contributed by atoms with Gasteiger partial charge in [0.25, 0.3) is 0 Å². The number of pyridine rings is 1. The van der Waals surface area contributed by atoms with Crippen molar-refractivity contribution in [3.05, 3.63) is 22.3 Å². The van der Waals surface area contributed by atoms with Crippen LogP contribution in [0.4, 0.5) is 5.82 Å². The minimum atomic E-state index is 0.285. The molecule has 0 fully saturated rings. The van der Waals surface area contributed by atoms with E-state index >= 15 is 0 Å². The van der Waals surface area contributed by atoms with E-state index in [1.165, 1.54) is 5.56 Å². The highest BCUT2D eigenvalue weighted by Gasteiger charge is 2.06. The fourth-order valence-electron chi connectivity index (χ4n) is 1.46. The Balaban J connectivity index is 2.55. The zero-order chi connectivity index (χ0) is 12.1. The van der Waals surface area contributed by atoms with Crippen LogP contribution in [0.1, 0.15) is 19.4 Å². The summed E-state index contributed by atoms with van der Waals surface area (Å²) in [5.41, 5.74) is 1.17. The van der Waals surface area contributed by atoms with E-state index in [1.807, 2.05) is 27.1 Å². The zero-order valence-electron chi connectivity index (χ0n) is 10.3. The fourth-order valence-corrected chi connectivity index (χ4v) is 1.91. The van der Waals surface area contributed by atoms with E-state index in [2.05, 4.69) is 38.8 Å². The molecule has 0 aliphatic carbocycles. The van der Waals surface area contributed by atoms with E-state index in [0.717, 1.165) is 23.4 Å². The number of nitrogens with zero attached hydrogens (tertiary/aromatic N) is 2. The standard InChI is InChI=1S/C12H19BrN2O/c1-9(2)16-6-5-15(4)12-10(3)7-11(13)8-14-12/h7-9H,5-6H2,1-4H3. The molecule has 1 heterocycles. The summed E-state index contributed by atoms with van der Waals surface area (Å²) in [6.07, 6.45) is 2.11. The summed E-state index contributed by atoms with van der Waals surface area (Å²) in [6, 6.07) is 2.07. The Hall–Kier alpha value is -0.610. The van der Waals surface area contributed by atoms with E-state index in [1.54, 1.807) is 0 Å². The van der Waals surface area contributed by atoms with Crippen LogP contribution in [0.5, 0.6) is 0 Å². The first-order chi connectivity index (χ1) is 7.50. The van der Waals surface area contributed by atoms with Crippen molar-refractivity contribution in [1.82, 2.24) is 4.98 Å². The van der Waals surface area contributed by atoms with Crippen LogP contribution in [-0.4, -0.2) is 31.3 Å². The van der Waals surface area contributed by atoms with Crippen molar-refractivity contribution in [3.8, 4) is 0 Å². The Bertz CT molecular complexity index is 342. The second kappa shape index (κ2) is 6.21. The number of halogens is 1. The molecule has 0 bridgehead atoms. The topological polar surface area (TPSA) is 25.4 Å². The van der Waals surface area contributed by atoms with Crippen LogP contribution < -0.4 is 4.90 Å². The van der Waals surface area contributed by atoms with Crippen molar-refractivity contribution in [3.63, 3.8) is 0 Å². The van der Waals surface area contributed by atoms with Gasteiger partial charge in [0, 0.05) is 24.3 Å². The van der Waals surface area contributed by atoms with Crippen molar-refractivity contribution < 1.29 is 4.74 Å². The Morgan fingerprint density at radius 3 is 2.75 bits per heavy atom. The fraction of sp³-hybridized carbons (Fsp3) is 0.583. The molecular formula is C12H19BrN2O. The minimum Gasteiger partial charge on any atom is -0.377 e. The number of likely N-dealkylation sites (N-methyl/N-ethyl adjacent to an activating group) is 1. The summed E-state index contributed by atoms with van der Waals surface area (Å²) in [5, 5.41) is 0. The smallest absolute Gasteiger partial charge is 0.131 e. The molecule has 1 aromatic rings. The first-order valence-electron chi connectivity index (χ1n) is 5.45. The van der Waals surface area contributed by atoms with Gasteiger partial charge in [-0.05, 0) is 48.3 Å². The van der Waals surface area contributed by atoms with Gasteiger partial charge < -0.3 is 9.64 Å². The number of anilines is 1. The van der Waals surface area contributed by atoms with Gasteiger partial charge in [-0.2, -0.15) is 0 Å². The first-order valence-corrected chi connectivity index (χ1v) is 6.25. The summed E-state index contributed by atoms with van der Waals surface area (Å²) in [7, 11) is 2.03. The summed E-state index contributed by atoms with van der Waals surface area (Å²) in [4.78, 5) is 6.51. The molecule has 0 amide bonds. The first kappa shape index (κ1) is 13.5. The second-order valence-corrected chi connectivity index (χ2v) is 5.05. The molecule has 0 saturated heterocycles. The van der Waals surface area contributed by atoms with Gasteiger partial charge >= 0.3 is 0 Å². The molecule has 90 valence electrons. The minimum absolute atomic E-state index is 0.285. The van der Waals surface area contributed by atoms with E-state index in [9.17, 15) is 0 Å². The normalized spacial score (nSPS) is 10.9. The molecule has 1 rings (SSSR count). The molecule has 4 heteroatoms. The van der Waals surface area contributed by atoms with Gasteiger partial charge in [0.05, 0.1) is 12.7 Å². The average Bonchev–Trinajstić information content (AvgIpc) is 2.16. The molecule has 0 radical (unpaired) electrons. The summed E-state index contributed by atoms with van der Waals surface area (Å²) in [6.45, 7) is 7.73. The number of aryl methyl sites for hydroxylation is 1. The average molecular weight is 287 g/mol. The number of hydrogen-bond acceptors (Lipinski definition) is 3. The molecule has 0 N–H and O–H groups in total. The van der Waals surface area contributed by atoms with Gasteiger partial charge in [-0.1, -0.05) is 0 Å². The van der Waals surface area contributed by atoms with E-state index < -0.39 is 0 Å². The largest absolute Gasteiger partial charge is 0.377 e. The molecule has 16 heavy (non-hydrogen) atoms. The number of ether oxygens (including phenoxy) is 1. The quantitative estimate of drug-likeness (QED) is 0.832. The highest BCUT2D eigenvalue weighted by Crippen LogP contribution is 2.19. The molecule has 1 aromatic heterocycles. The van der Waals surface area contributed by atoms with Crippen LogP contribution in [0.25, 0.3) is 0 Å². The van der Waals surface area contributed by atoms with Crippen molar-refractivity contribution in [2.24, 2.45) is 0 Å². The Labute approximate surface area is 106 Å². The van der Waals surface area contributed by atoms with Crippen LogP contribution in [0, 0.1) is 6.92 Å². The van der Waals surface area contributed by atoms with Crippen LogP contribution in [-0.2, 0) is 4.74 Å². The third-order valence-electron chi connectivity index (χ3n) is 2.26. The number of hydrogen-bond donors (Lipinski definition) is 0. The Morgan fingerprint density at radius 1 is 1.50 bits per heavy atom. The number of rotatable bonds is 5. The molecule has 0 atom stereocenters. The highest BCUT2D eigenvalue weighted by molar-refractivity contribution is 9.10.